The van der Waals surface area contributed by atoms with Crippen molar-refractivity contribution in [3.05, 3.63) is 12.2 Å². The molecule has 0 bridgehead atoms. The predicted octanol–water partition coefficient (Wildman–Crippen LogP) is 8.88. The first-order valence-corrected chi connectivity index (χ1v) is 20.0. The number of nitrogens with zero attached hydrogens (tertiary/aromatic N) is 1. The molecule has 272 valence electrons. The number of rotatable bonds is 9. The summed E-state index contributed by atoms with van der Waals surface area (Å²) in [4.78, 5) is 27.5. The molecule has 6 heteroatoms. The lowest BCUT2D eigenvalue weighted by molar-refractivity contribution is -0.246. The summed E-state index contributed by atoms with van der Waals surface area (Å²) in [5.41, 5.74) is 1.20. The topological polar surface area (TPSA) is 78.9 Å². The van der Waals surface area contributed by atoms with Gasteiger partial charge in [-0.05, 0) is 157 Å². The number of hydrogen-bond acceptors (Lipinski definition) is 5. The van der Waals surface area contributed by atoms with Crippen molar-refractivity contribution in [1.82, 2.24) is 10.2 Å². The molecule has 10 atom stereocenters. The Morgan fingerprint density at radius 1 is 0.875 bits per heavy atom. The zero-order valence-electron chi connectivity index (χ0n) is 32.0. The number of nitrogens with one attached hydrogen (secondary N) is 1. The third-order valence-electron chi connectivity index (χ3n) is 16.8. The number of esters is 1. The normalized spacial score (nSPS) is 44.1. The number of aliphatic carboxylic acids is 1. The third kappa shape index (κ3) is 5.73. The number of carbonyl (C=O) groups is 2. The third-order valence-corrected chi connectivity index (χ3v) is 16.8. The van der Waals surface area contributed by atoms with E-state index < -0.39 is 11.4 Å². The van der Waals surface area contributed by atoms with Crippen molar-refractivity contribution >= 4 is 11.9 Å². The zero-order chi connectivity index (χ0) is 34.9. The van der Waals surface area contributed by atoms with Gasteiger partial charge in [0.2, 0.25) is 0 Å². The highest BCUT2D eigenvalue weighted by molar-refractivity contribution is 5.81. The van der Waals surface area contributed by atoms with Crippen LogP contribution in [-0.4, -0.2) is 59.8 Å². The quantitative estimate of drug-likeness (QED) is 0.189. The van der Waals surface area contributed by atoms with Gasteiger partial charge in [-0.25, -0.2) is 0 Å². The van der Waals surface area contributed by atoms with Gasteiger partial charge in [-0.3, -0.25) is 9.59 Å². The predicted molar refractivity (Wildman–Crippen MR) is 193 cm³/mol. The van der Waals surface area contributed by atoms with Crippen molar-refractivity contribution in [2.24, 2.45) is 56.7 Å². The number of piperidine rings is 1. The Hall–Kier alpha value is -1.40. The molecule has 0 unspecified atom stereocenters. The van der Waals surface area contributed by atoms with E-state index in [0.717, 1.165) is 25.3 Å². The van der Waals surface area contributed by atoms with Crippen LogP contribution in [0.5, 0.6) is 0 Å². The van der Waals surface area contributed by atoms with Gasteiger partial charge in [0.25, 0.3) is 0 Å². The second-order valence-electron chi connectivity index (χ2n) is 19.9. The fourth-order valence-corrected chi connectivity index (χ4v) is 13.9. The zero-order valence-corrected chi connectivity index (χ0v) is 32.0. The average Bonchev–Trinajstić information content (AvgIpc) is 3.39. The molecule has 1 heterocycles. The maximum Gasteiger partial charge on any atom is 0.309 e. The van der Waals surface area contributed by atoms with E-state index >= 15 is 0 Å². The van der Waals surface area contributed by atoms with Crippen LogP contribution in [0.1, 0.15) is 145 Å². The Kier molecular flexibility index (Phi) is 9.61. The first kappa shape index (κ1) is 36.4. The first-order chi connectivity index (χ1) is 22.4. The Labute approximate surface area is 293 Å². The van der Waals surface area contributed by atoms with Crippen LogP contribution in [0, 0.1) is 56.7 Å². The van der Waals surface area contributed by atoms with E-state index in [2.05, 4.69) is 58.3 Å². The van der Waals surface area contributed by atoms with Crippen molar-refractivity contribution in [2.45, 2.75) is 157 Å². The highest BCUT2D eigenvalue weighted by Crippen LogP contribution is 2.76. The minimum atomic E-state index is -1.12. The van der Waals surface area contributed by atoms with Crippen LogP contribution in [0.3, 0.4) is 0 Å². The molecule has 1 aliphatic heterocycles. The number of carboxylic acids is 1. The smallest absolute Gasteiger partial charge is 0.309 e. The molecule has 0 amide bonds. The van der Waals surface area contributed by atoms with Crippen LogP contribution in [0.15, 0.2) is 12.2 Å². The summed E-state index contributed by atoms with van der Waals surface area (Å²) in [5, 5.41) is 13.9. The molecular formula is C42H70N2O4. The molecule has 0 aromatic carbocycles. The number of ether oxygens (including phenoxy) is 1. The molecular weight excluding hydrogens is 596 g/mol. The second-order valence-corrected chi connectivity index (χ2v) is 19.9. The summed E-state index contributed by atoms with van der Waals surface area (Å²) in [5.74, 6) is 1.86. The molecule has 6 fully saturated rings. The van der Waals surface area contributed by atoms with Crippen molar-refractivity contribution in [2.75, 3.05) is 26.2 Å². The van der Waals surface area contributed by atoms with E-state index in [1.807, 2.05) is 0 Å². The molecule has 0 spiro atoms. The van der Waals surface area contributed by atoms with Crippen molar-refractivity contribution in [3.63, 3.8) is 0 Å². The molecule has 5 aliphatic carbocycles. The van der Waals surface area contributed by atoms with E-state index in [0.29, 0.717) is 29.1 Å². The average molecular weight is 667 g/mol. The van der Waals surface area contributed by atoms with E-state index in [-0.39, 0.29) is 40.3 Å². The van der Waals surface area contributed by atoms with Crippen LogP contribution in [-0.2, 0) is 14.3 Å². The molecule has 6 nitrogen and oxygen atoms in total. The highest BCUT2D eigenvalue weighted by Gasteiger charge is 2.71. The van der Waals surface area contributed by atoms with Gasteiger partial charge in [0.1, 0.15) is 6.10 Å². The van der Waals surface area contributed by atoms with Crippen LogP contribution < -0.4 is 5.32 Å². The van der Waals surface area contributed by atoms with Gasteiger partial charge in [-0.1, -0.05) is 53.2 Å². The van der Waals surface area contributed by atoms with Crippen LogP contribution in [0.4, 0.5) is 0 Å². The fraction of sp³-hybridized carbons (Fsp3) is 0.905. The molecule has 6 rings (SSSR count). The number of hydrogen-bond donors (Lipinski definition) is 2. The first-order valence-electron chi connectivity index (χ1n) is 20.0. The van der Waals surface area contributed by atoms with Gasteiger partial charge in [-0.2, -0.15) is 0 Å². The van der Waals surface area contributed by atoms with Crippen LogP contribution >= 0.6 is 0 Å². The summed E-state index contributed by atoms with van der Waals surface area (Å²) in [6.45, 7) is 27.7. The van der Waals surface area contributed by atoms with E-state index in [9.17, 15) is 14.7 Å². The largest absolute Gasteiger partial charge is 0.481 e. The second kappa shape index (κ2) is 12.7. The summed E-state index contributed by atoms with van der Waals surface area (Å²) in [7, 11) is 0. The standard InChI is InChI=1S/C42H70N2O4/c1-28(2)29-15-20-42(43-23-26-44-24-11-10-12-25-44)22-21-40(8)30(35(29)42)13-14-32-39(7)18-17-33(48-34(45)27-37(3,4)36(46)47)38(5,6)31(39)16-19-41(32,40)9/h29-33,35,43H,1,10-27H2,2-9H3,(H,46,47)/t29-,30+,31-,32+,33-,35+,39-,40+,41+,42-/m0/s1. The lowest BCUT2D eigenvalue weighted by Gasteiger charge is -2.73. The molecule has 1 saturated heterocycles. The number of carbonyl (C=O) groups excluding carboxylic acids is 1. The van der Waals surface area contributed by atoms with Gasteiger partial charge in [-0.15, -0.1) is 0 Å². The maximum atomic E-state index is 13.1. The summed E-state index contributed by atoms with van der Waals surface area (Å²) in [6, 6.07) is 0. The van der Waals surface area contributed by atoms with E-state index in [4.69, 9.17) is 4.74 Å². The lowest BCUT2D eigenvalue weighted by atomic mass is 9.32. The molecule has 2 N–H and O–H groups in total. The van der Waals surface area contributed by atoms with Crippen molar-refractivity contribution in [3.8, 4) is 0 Å². The number of likely N-dealkylation sites (tertiary alicyclic amines) is 1. The molecule has 0 aromatic heterocycles. The number of fused-ring (bicyclic) bond motifs is 7. The summed E-state index contributed by atoms with van der Waals surface area (Å²) >= 11 is 0. The fourth-order valence-electron chi connectivity index (χ4n) is 13.9. The van der Waals surface area contributed by atoms with Crippen molar-refractivity contribution < 1.29 is 19.4 Å². The lowest BCUT2D eigenvalue weighted by Crippen LogP contribution is -2.69. The highest BCUT2D eigenvalue weighted by atomic mass is 16.5. The Bertz CT molecular complexity index is 1250. The minimum absolute atomic E-state index is 0.0851. The van der Waals surface area contributed by atoms with Gasteiger partial charge in [0.05, 0.1) is 11.8 Å². The molecule has 6 aliphatic rings. The van der Waals surface area contributed by atoms with E-state index in [1.54, 1.807) is 13.8 Å². The maximum absolute atomic E-state index is 13.1. The van der Waals surface area contributed by atoms with Gasteiger partial charge in [0.15, 0.2) is 0 Å². The van der Waals surface area contributed by atoms with E-state index in [1.165, 1.54) is 95.8 Å². The molecule has 48 heavy (non-hydrogen) atoms. The van der Waals surface area contributed by atoms with Gasteiger partial charge < -0.3 is 20.1 Å². The summed E-state index contributed by atoms with van der Waals surface area (Å²) in [6.07, 6.45) is 16.1. The SMILES string of the molecule is C=C(C)[C@@H]1CC[C@]2(NCCN3CCCCC3)CC[C@]3(C)[C@H](CC[C@@H]4[C@@]5(C)CC[C@H](OC(=O)CC(C)(C)C(=O)O)C(C)(C)[C@@H]5CC[C@]43C)[C@@H]12. The van der Waals surface area contributed by atoms with Crippen molar-refractivity contribution in [1.29, 1.82) is 0 Å². The molecule has 0 radical (unpaired) electrons. The molecule has 5 saturated carbocycles. The van der Waals surface area contributed by atoms with Crippen LogP contribution in [0.2, 0.25) is 0 Å². The number of allylic oxidation sites excluding steroid dienone is 1. The van der Waals surface area contributed by atoms with Gasteiger partial charge >= 0.3 is 11.9 Å². The minimum Gasteiger partial charge on any atom is -0.481 e. The monoisotopic (exact) mass is 667 g/mol. The van der Waals surface area contributed by atoms with Gasteiger partial charge in [0, 0.05) is 24.0 Å². The molecule has 0 aromatic rings. The number of carboxylic acid groups (broad SMARTS) is 1. The Morgan fingerprint density at radius 3 is 2.25 bits per heavy atom. The Balaban J connectivity index is 1.21. The summed E-state index contributed by atoms with van der Waals surface area (Å²) < 4.78 is 6.20. The van der Waals surface area contributed by atoms with Crippen LogP contribution in [0.25, 0.3) is 0 Å². The Morgan fingerprint density at radius 2 is 1.58 bits per heavy atom.